The van der Waals surface area contributed by atoms with Crippen LogP contribution in [0.15, 0.2) is 117 Å². The van der Waals surface area contributed by atoms with Crippen molar-refractivity contribution in [3.05, 3.63) is 108 Å². The van der Waals surface area contributed by atoms with Crippen LogP contribution in [0.25, 0.3) is 43.9 Å². The minimum absolute atomic E-state index is 0.0298. The third-order valence-electron chi connectivity index (χ3n) is 11.5. The Labute approximate surface area is 309 Å². The molecule has 0 bridgehead atoms. The van der Waals surface area contributed by atoms with Crippen molar-refractivity contribution >= 4 is 82.6 Å². The summed E-state index contributed by atoms with van der Waals surface area (Å²) in [4.78, 5) is 2.02. The third-order valence-corrected chi connectivity index (χ3v) is 12.2. The van der Waals surface area contributed by atoms with Crippen LogP contribution in [0.1, 0.15) is 26.7 Å². The summed E-state index contributed by atoms with van der Waals surface area (Å²) in [6.45, 7) is 4.65. The van der Waals surface area contributed by atoms with E-state index in [2.05, 4.69) is 108 Å². The van der Waals surface area contributed by atoms with Crippen LogP contribution in [-0.2, 0) is 10.1 Å². The van der Waals surface area contributed by atoms with Gasteiger partial charge in [-0.2, -0.15) is 0 Å². The van der Waals surface area contributed by atoms with Gasteiger partial charge in [-0.05, 0) is 47.6 Å². The van der Waals surface area contributed by atoms with Gasteiger partial charge in [0.25, 0.3) is 5.69 Å². The van der Waals surface area contributed by atoms with Crippen LogP contribution >= 0.6 is 0 Å². The van der Waals surface area contributed by atoms with Gasteiger partial charge in [0, 0.05) is 46.3 Å². The second-order valence-corrected chi connectivity index (χ2v) is 18.1. The zero-order valence-corrected chi connectivity index (χ0v) is 32.0. The van der Waals surface area contributed by atoms with Crippen molar-refractivity contribution in [3.8, 4) is 0 Å². The smallest absolute Gasteiger partial charge is 0.374 e. The third kappa shape index (κ3) is 5.38. The fourth-order valence-corrected chi connectivity index (χ4v) is 9.42. The van der Waals surface area contributed by atoms with Crippen LogP contribution < -0.4 is 13.9 Å². The maximum atomic E-state index is 12.0. The van der Waals surface area contributed by atoms with Crippen molar-refractivity contribution in [2.24, 2.45) is 5.41 Å². The normalized spacial score (nSPS) is 20.8. The lowest BCUT2D eigenvalue weighted by Crippen LogP contribution is -2.45. The first kappa shape index (κ1) is 33.8. The van der Waals surface area contributed by atoms with E-state index >= 15 is 0 Å². The highest BCUT2D eigenvalue weighted by Gasteiger charge is 2.47. The first-order valence-corrected chi connectivity index (χ1v) is 19.6. The molecule has 0 N–H and O–H groups in total. The van der Waals surface area contributed by atoms with Gasteiger partial charge in [-0.25, -0.2) is 17.4 Å². The maximum Gasteiger partial charge on any atom is 0.374 e. The molecule has 53 heavy (non-hydrogen) atoms. The van der Waals surface area contributed by atoms with Gasteiger partial charge in [-0.1, -0.05) is 56.3 Å². The Kier molecular flexibility index (Phi) is 7.18. The first-order valence-electron chi connectivity index (χ1n) is 18.1. The van der Waals surface area contributed by atoms with Crippen LogP contribution in [0.4, 0.5) is 22.7 Å². The molecule has 0 saturated heterocycles. The second-order valence-electron chi connectivity index (χ2n) is 16.6. The fraction of sp³-hybridized carbons (Fsp3) is 0.279. The summed E-state index contributed by atoms with van der Waals surface area (Å²) in [6, 6.07) is 24.7. The molecule has 270 valence electrons. The Balaban J connectivity index is 1.15. The summed E-state index contributed by atoms with van der Waals surface area (Å²) in [7, 11) is 6.35. The lowest BCUT2D eigenvalue weighted by atomic mass is 9.75. The number of likely N-dealkylation sites (N-methyl/N-ethyl adjacent to an activating group) is 1. The van der Waals surface area contributed by atoms with Gasteiger partial charge in [-0.15, -0.1) is 4.58 Å². The highest BCUT2D eigenvalue weighted by atomic mass is 32.2. The molecule has 2 aromatic heterocycles. The van der Waals surface area contributed by atoms with E-state index in [0.717, 1.165) is 91.0 Å². The molecule has 0 saturated carbocycles. The topological polar surface area (TPSA) is 89.7 Å². The van der Waals surface area contributed by atoms with Gasteiger partial charge in [0.2, 0.25) is 11.5 Å². The van der Waals surface area contributed by atoms with E-state index < -0.39 is 15.9 Å². The van der Waals surface area contributed by atoms with Crippen LogP contribution in [0, 0.1) is 5.41 Å². The van der Waals surface area contributed by atoms with E-state index in [4.69, 9.17) is 8.83 Å². The lowest BCUT2D eigenvalue weighted by Gasteiger charge is -2.32. The molecule has 1 aliphatic carbocycles. The fourth-order valence-electron chi connectivity index (χ4n) is 9.01. The quantitative estimate of drug-likeness (QED) is 0.100. The molecule has 2 aliphatic heterocycles. The molecule has 9 rings (SSSR count). The van der Waals surface area contributed by atoms with Crippen molar-refractivity contribution in [1.29, 1.82) is 0 Å². The molecule has 6 aromatic rings. The van der Waals surface area contributed by atoms with Crippen LogP contribution in [-0.4, -0.2) is 70.9 Å². The molecule has 0 unspecified atom stereocenters. The van der Waals surface area contributed by atoms with Gasteiger partial charge in [0.15, 0.2) is 5.69 Å². The van der Waals surface area contributed by atoms with E-state index in [9.17, 15) is 13.0 Å². The number of amidine groups is 1. The summed E-state index contributed by atoms with van der Waals surface area (Å²) < 4.78 is 51.8. The number of anilines is 1. The van der Waals surface area contributed by atoms with E-state index in [1.54, 1.807) is 0 Å². The molecule has 9 nitrogen and oxygen atoms in total. The average Bonchev–Trinajstić information content (AvgIpc) is 3.75. The van der Waals surface area contributed by atoms with Crippen LogP contribution in [0.3, 0.4) is 0 Å². The maximum absolute atomic E-state index is 12.0. The van der Waals surface area contributed by atoms with E-state index in [1.165, 1.54) is 11.3 Å². The Morgan fingerprint density at radius 1 is 0.792 bits per heavy atom. The lowest BCUT2D eigenvalue weighted by molar-refractivity contribution is -0.401. The number of allylic oxidation sites excluding steroid dienone is 4. The average molecular weight is 729 g/mol. The minimum atomic E-state index is -4.46. The summed E-state index contributed by atoms with van der Waals surface area (Å²) in [6.07, 6.45) is 8.59. The summed E-state index contributed by atoms with van der Waals surface area (Å²) >= 11 is 0. The summed E-state index contributed by atoms with van der Waals surface area (Å²) in [5, 5.41) is 4.18. The number of para-hydroxylation sites is 2. The zero-order chi connectivity index (χ0) is 37.2. The standard InChI is InChI=1S/C43H44N4O5S/c1-43(2)25-27(19-41-44(3)33-21-31-29-12-8-10-14-37(29)51-39(31)23-35(33)46(41,4)5)18-28(26-43)20-42-45(16-17-53(48,49)50)34-22-32-30-13-9-11-15-38(30)52-40(32)24-36(34)47(42,6)7/h8-15,18-24H,16-17,25-26H2,1-7H3/q+2. The molecule has 0 radical (unpaired) electrons. The first-order chi connectivity index (χ1) is 25.0. The molecular weight excluding hydrogens is 685 g/mol. The van der Waals surface area contributed by atoms with Gasteiger partial charge in [0.05, 0.1) is 56.2 Å². The van der Waals surface area contributed by atoms with Crippen molar-refractivity contribution in [2.75, 3.05) is 52.4 Å². The van der Waals surface area contributed by atoms with E-state index in [0.29, 0.717) is 8.97 Å². The Morgan fingerprint density at radius 3 is 2.04 bits per heavy atom. The van der Waals surface area contributed by atoms with E-state index in [1.807, 2.05) is 41.3 Å². The van der Waals surface area contributed by atoms with Crippen molar-refractivity contribution < 1.29 is 26.4 Å². The number of hydrogen-bond acceptors (Lipinski definition) is 6. The monoisotopic (exact) mass is 728 g/mol. The Bertz CT molecular complexity index is 2810. The van der Waals surface area contributed by atoms with Crippen molar-refractivity contribution in [3.63, 3.8) is 0 Å². The largest absolute Gasteiger partial charge is 0.748 e. The molecule has 0 atom stereocenters. The zero-order valence-electron chi connectivity index (χ0n) is 31.2. The molecule has 0 amide bonds. The molecule has 0 spiro atoms. The number of fused-ring (bicyclic) bond motifs is 8. The Hall–Kier alpha value is -5.00. The molecule has 0 fully saturated rings. The highest BCUT2D eigenvalue weighted by molar-refractivity contribution is 7.85. The van der Waals surface area contributed by atoms with Gasteiger partial charge in [-0.3, -0.25) is 4.90 Å². The molecule has 4 heterocycles. The SMILES string of the molecule is C[N+]1=C(C=C2C=C(C=C3N(CCS(=O)(=O)[O-])c4cc5c(cc4[N+]3(C)C)oc3ccccc35)CC(C)(C)C2)[N+](C)(C)c2cc3oc4ccccc4c3cc21. The minimum Gasteiger partial charge on any atom is -0.748 e. The van der Waals surface area contributed by atoms with Crippen LogP contribution in [0.5, 0.6) is 0 Å². The van der Waals surface area contributed by atoms with Gasteiger partial charge in [0.1, 0.15) is 35.1 Å². The van der Waals surface area contributed by atoms with Gasteiger partial charge >= 0.3 is 5.84 Å². The number of rotatable bonds is 5. The predicted molar refractivity (Wildman–Crippen MR) is 215 cm³/mol. The summed E-state index contributed by atoms with van der Waals surface area (Å²) in [5.41, 5.74) is 9.91. The van der Waals surface area contributed by atoms with Crippen molar-refractivity contribution in [1.82, 2.24) is 8.97 Å². The molecular formula is C43H44N4O5S+2. The Morgan fingerprint density at radius 2 is 1.40 bits per heavy atom. The molecule has 10 heteroatoms. The number of quaternary nitrogens is 2. The van der Waals surface area contributed by atoms with Crippen molar-refractivity contribution in [2.45, 2.75) is 26.7 Å². The number of furan rings is 2. The number of nitrogens with zero attached hydrogens (tertiary/aromatic N) is 4. The number of hydrogen-bond donors (Lipinski definition) is 0. The predicted octanol–water partition coefficient (Wildman–Crippen LogP) is 8.88. The van der Waals surface area contributed by atoms with E-state index in [-0.39, 0.29) is 12.0 Å². The van der Waals surface area contributed by atoms with Gasteiger partial charge < -0.3 is 13.4 Å². The number of benzene rings is 4. The highest BCUT2D eigenvalue weighted by Crippen LogP contribution is 2.50. The molecule has 3 aliphatic rings. The molecule has 4 aromatic carbocycles. The van der Waals surface area contributed by atoms with Crippen LogP contribution in [0.2, 0.25) is 0 Å². The summed E-state index contributed by atoms with van der Waals surface area (Å²) in [5.74, 6) is 1.57. The second kappa shape index (κ2) is 11.3.